The number of nitrogens with one attached hydrogen (secondary N) is 1. The lowest BCUT2D eigenvalue weighted by atomic mass is 10.0. The van der Waals surface area contributed by atoms with Crippen molar-refractivity contribution in [2.75, 3.05) is 31.9 Å². The maximum Gasteiger partial charge on any atom is 0.241 e. The van der Waals surface area contributed by atoms with E-state index in [9.17, 15) is 26.9 Å². The van der Waals surface area contributed by atoms with E-state index in [2.05, 4.69) is 10.8 Å². The molecule has 0 aliphatic carbocycles. The zero-order valence-electron chi connectivity index (χ0n) is 20.4. The number of carbonyl (C=O) groups is 1. The molecule has 1 saturated heterocycles. The summed E-state index contributed by atoms with van der Waals surface area (Å²) < 4.78 is 55.1. The number of piperazine rings is 1. The molecule has 0 saturated carbocycles. The second kappa shape index (κ2) is 11.0. The fraction of sp³-hybridized carbons (Fsp3) is 0.308. The van der Waals surface area contributed by atoms with Crippen LogP contribution in [-0.2, 0) is 31.3 Å². The van der Waals surface area contributed by atoms with Crippen molar-refractivity contribution in [3.8, 4) is 6.07 Å². The second-order valence-corrected chi connectivity index (χ2v) is 12.8. The number of nitriles is 1. The van der Waals surface area contributed by atoms with Crippen molar-refractivity contribution in [3.05, 3.63) is 77.9 Å². The van der Waals surface area contributed by atoms with E-state index in [0.29, 0.717) is 11.1 Å². The van der Waals surface area contributed by atoms with Gasteiger partial charge < -0.3 is 4.90 Å². The van der Waals surface area contributed by atoms with Crippen molar-refractivity contribution in [1.82, 2.24) is 13.9 Å². The smallest absolute Gasteiger partial charge is 0.241 e. The predicted octanol–water partition coefficient (Wildman–Crippen LogP) is 2.09. The van der Waals surface area contributed by atoms with Gasteiger partial charge in [-0.05, 0) is 53.9 Å². The topological polar surface area (TPSA) is 128 Å². The summed E-state index contributed by atoms with van der Waals surface area (Å²) in [6.45, 7) is 2.18. The zero-order chi connectivity index (χ0) is 26.6. The van der Waals surface area contributed by atoms with Gasteiger partial charge in [-0.25, -0.2) is 16.8 Å². The highest BCUT2D eigenvalue weighted by atomic mass is 32.2. The molecule has 1 fully saturated rings. The first-order chi connectivity index (χ1) is 17.6. The Kier molecular flexibility index (Phi) is 7.94. The van der Waals surface area contributed by atoms with Crippen molar-refractivity contribution >= 4 is 36.7 Å². The van der Waals surface area contributed by atoms with Gasteiger partial charge >= 0.3 is 0 Å². The minimum absolute atomic E-state index is 0.0235. The van der Waals surface area contributed by atoms with Crippen LogP contribution in [0, 0.1) is 11.3 Å². The lowest BCUT2D eigenvalue weighted by molar-refractivity contribution is -0.134. The number of hydrogen-bond donors (Lipinski definition) is 1. The molecule has 1 amide bonds. The van der Waals surface area contributed by atoms with Gasteiger partial charge in [0.15, 0.2) is 0 Å². The van der Waals surface area contributed by atoms with Crippen molar-refractivity contribution < 1.29 is 21.6 Å². The molecule has 4 rings (SSSR count). The SMILES string of the molecule is CCS(=O)(=O)N1CCN(C(=O)C(Cc2cccc(C#N)c2)NS(=O)(=O)c2ccc3ccccc3c2)CC1. The molecule has 1 aliphatic heterocycles. The van der Waals surface area contributed by atoms with Crippen LogP contribution < -0.4 is 4.72 Å². The van der Waals surface area contributed by atoms with Gasteiger partial charge in [-0.15, -0.1) is 0 Å². The van der Waals surface area contributed by atoms with Crippen LogP contribution in [0.3, 0.4) is 0 Å². The molecular weight excluding hydrogens is 512 g/mol. The van der Waals surface area contributed by atoms with E-state index in [0.717, 1.165) is 10.8 Å². The quantitative estimate of drug-likeness (QED) is 0.466. The molecule has 0 aromatic heterocycles. The van der Waals surface area contributed by atoms with E-state index in [1.54, 1.807) is 43.3 Å². The van der Waals surface area contributed by atoms with Gasteiger partial charge in [0.05, 0.1) is 22.3 Å². The van der Waals surface area contributed by atoms with E-state index >= 15 is 0 Å². The summed E-state index contributed by atoms with van der Waals surface area (Å²) >= 11 is 0. The van der Waals surface area contributed by atoms with Crippen molar-refractivity contribution in [2.24, 2.45) is 0 Å². The lowest BCUT2D eigenvalue weighted by Gasteiger charge is -2.35. The molecule has 1 heterocycles. The van der Waals surface area contributed by atoms with Crippen LogP contribution >= 0.6 is 0 Å². The lowest BCUT2D eigenvalue weighted by Crippen LogP contribution is -2.56. The summed E-state index contributed by atoms with van der Waals surface area (Å²) in [5.74, 6) is -0.468. The zero-order valence-corrected chi connectivity index (χ0v) is 22.0. The minimum Gasteiger partial charge on any atom is -0.339 e. The Morgan fingerprint density at radius 1 is 0.946 bits per heavy atom. The third-order valence-electron chi connectivity index (χ3n) is 6.43. The first-order valence-corrected chi connectivity index (χ1v) is 15.0. The average molecular weight is 541 g/mol. The minimum atomic E-state index is -4.08. The summed E-state index contributed by atoms with van der Waals surface area (Å²) in [7, 11) is -7.45. The molecule has 1 aliphatic rings. The van der Waals surface area contributed by atoms with Gasteiger partial charge in [-0.2, -0.15) is 14.3 Å². The van der Waals surface area contributed by atoms with E-state index in [1.807, 2.05) is 24.3 Å². The normalized spacial score (nSPS) is 15.8. The van der Waals surface area contributed by atoms with E-state index < -0.39 is 32.0 Å². The van der Waals surface area contributed by atoms with E-state index in [-0.39, 0.29) is 43.2 Å². The average Bonchev–Trinajstić information content (AvgIpc) is 2.92. The molecule has 194 valence electrons. The summed E-state index contributed by atoms with van der Waals surface area (Å²) in [6.07, 6.45) is 0.0363. The van der Waals surface area contributed by atoms with E-state index in [4.69, 9.17) is 0 Å². The van der Waals surface area contributed by atoms with Crippen LogP contribution in [0.15, 0.2) is 71.6 Å². The molecule has 11 heteroatoms. The third kappa shape index (κ3) is 6.17. The number of amides is 1. The highest BCUT2D eigenvalue weighted by Crippen LogP contribution is 2.20. The number of rotatable bonds is 8. The number of fused-ring (bicyclic) bond motifs is 1. The Labute approximate surface area is 217 Å². The van der Waals surface area contributed by atoms with Gasteiger partial charge in [-0.1, -0.05) is 42.5 Å². The van der Waals surface area contributed by atoms with Gasteiger partial charge in [0.25, 0.3) is 0 Å². The monoisotopic (exact) mass is 540 g/mol. The second-order valence-electron chi connectivity index (χ2n) is 8.82. The molecule has 3 aromatic carbocycles. The van der Waals surface area contributed by atoms with Crippen molar-refractivity contribution in [1.29, 1.82) is 5.26 Å². The van der Waals surface area contributed by atoms with Gasteiger partial charge in [-0.3, -0.25) is 4.79 Å². The first kappa shape index (κ1) is 26.8. The fourth-order valence-electron chi connectivity index (χ4n) is 4.36. The maximum absolute atomic E-state index is 13.6. The van der Waals surface area contributed by atoms with Crippen molar-refractivity contribution in [2.45, 2.75) is 24.3 Å². The largest absolute Gasteiger partial charge is 0.339 e. The van der Waals surface area contributed by atoms with Gasteiger partial charge in [0.1, 0.15) is 6.04 Å². The van der Waals surface area contributed by atoms with Crippen LogP contribution in [0.2, 0.25) is 0 Å². The summed E-state index contributed by atoms with van der Waals surface area (Å²) in [5.41, 5.74) is 1.03. The third-order valence-corrected chi connectivity index (χ3v) is 9.78. The van der Waals surface area contributed by atoms with E-state index in [1.165, 1.54) is 15.3 Å². The number of carbonyl (C=O) groups excluding carboxylic acids is 1. The molecular formula is C26H28N4O5S2. The molecule has 1 atom stereocenters. The fourth-order valence-corrected chi connectivity index (χ4v) is 6.67. The Morgan fingerprint density at radius 3 is 2.32 bits per heavy atom. The van der Waals surface area contributed by atoms with Gasteiger partial charge in [0.2, 0.25) is 26.0 Å². The molecule has 9 nitrogen and oxygen atoms in total. The number of benzene rings is 3. The van der Waals surface area contributed by atoms with Crippen molar-refractivity contribution in [3.63, 3.8) is 0 Å². The molecule has 1 N–H and O–H groups in total. The summed E-state index contributed by atoms with van der Waals surface area (Å²) in [5, 5.41) is 10.9. The molecule has 37 heavy (non-hydrogen) atoms. The standard InChI is InChI=1S/C26H28N4O5S2/c1-2-36(32,33)30-14-12-29(13-15-30)26(31)25(17-20-6-5-7-21(16-20)19-27)28-37(34,35)24-11-10-22-8-3-4-9-23(22)18-24/h3-11,16,18,25,28H,2,12-15,17H2,1H3. The number of sulfonamides is 2. The highest BCUT2D eigenvalue weighted by molar-refractivity contribution is 7.89. The van der Waals surface area contributed by atoms with Crippen LogP contribution in [-0.4, -0.2) is 69.9 Å². The maximum atomic E-state index is 13.6. The Bertz CT molecular complexity index is 1560. The predicted molar refractivity (Wildman–Crippen MR) is 141 cm³/mol. The first-order valence-electron chi connectivity index (χ1n) is 11.9. The van der Waals surface area contributed by atoms with Crippen LogP contribution in [0.4, 0.5) is 0 Å². The van der Waals surface area contributed by atoms with Crippen LogP contribution in [0.1, 0.15) is 18.1 Å². The summed E-state index contributed by atoms with van der Waals surface area (Å²) in [6, 6.07) is 19.7. The number of hydrogen-bond acceptors (Lipinski definition) is 6. The van der Waals surface area contributed by atoms with Gasteiger partial charge in [0, 0.05) is 26.2 Å². The highest BCUT2D eigenvalue weighted by Gasteiger charge is 2.33. The Hall–Kier alpha value is -3.30. The summed E-state index contributed by atoms with van der Waals surface area (Å²) in [4.78, 5) is 15.1. The molecule has 0 spiro atoms. The molecule has 1 unspecified atom stereocenters. The Balaban J connectivity index is 1.60. The van der Waals surface area contributed by atoms with Crippen LogP contribution in [0.25, 0.3) is 10.8 Å². The number of nitrogens with zero attached hydrogens (tertiary/aromatic N) is 3. The van der Waals surface area contributed by atoms with Crippen LogP contribution in [0.5, 0.6) is 0 Å². The molecule has 0 bridgehead atoms. The molecule has 0 radical (unpaired) electrons. The Morgan fingerprint density at radius 2 is 1.65 bits per heavy atom. The molecule has 3 aromatic rings.